The zero-order valence-electron chi connectivity index (χ0n) is 16.1. The molecule has 0 bridgehead atoms. The number of nitrogens with zero attached hydrogens (tertiary/aromatic N) is 3. The van der Waals surface area contributed by atoms with Gasteiger partial charge in [0, 0.05) is 24.5 Å². The molecule has 2 aromatic carbocycles. The van der Waals surface area contributed by atoms with E-state index in [9.17, 15) is 9.59 Å². The summed E-state index contributed by atoms with van der Waals surface area (Å²) in [5, 5.41) is 3.92. The first kappa shape index (κ1) is 19.8. The van der Waals surface area contributed by atoms with Gasteiger partial charge in [0.1, 0.15) is 5.37 Å². The zero-order valence-corrected chi connectivity index (χ0v) is 17.0. The van der Waals surface area contributed by atoms with Gasteiger partial charge < -0.3 is 4.90 Å². The van der Waals surface area contributed by atoms with Crippen molar-refractivity contribution in [3.8, 4) is 0 Å². The van der Waals surface area contributed by atoms with Crippen molar-refractivity contribution in [3.63, 3.8) is 0 Å². The normalized spacial score (nSPS) is 16.2. The first-order valence-corrected chi connectivity index (χ1v) is 10.5. The summed E-state index contributed by atoms with van der Waals surface area (Å²) < 4.78 is 0. The summed E-state index contributed by atoms with van der Waals surface area (Å²) in [5.41, 5.74) is 5.98. The number of hydrogen-bond acceptors (Lipinski definition) is 5. The van der Waals surface area contributed by atoms with Crippen molar-refractivity contribution in [2.75, 3.05) is 5.75 Å². The van der Waals surface area contributed by atoms with Crippen LogP contribution in [0.15, 0.2) is 84.2 Å². The van der Waals surface area contributed by atoms with Gasteiger partial charge in [-0.15, -0.1) is 11.8 Å². The van der Waals surface area contributed by atoms with Gasteiger partial charge >= 0.3 is 0 Å². The van der Waals surface area contributed by atoms with Gasteiger partial charge in [-0.05, 0) is 41.0 Å². The molecule has 3 aromatic rings. The highest BCUT2D eigenvalue weighted by Crippen LogP contribution is 2.39. The average Bonchev–Trinajstić information content (AvgIpc) is 3.15. The van der Waals surface area contributed by atoms with Crippen molar-refractivity contribution in [1.82, 2.24) is 15.3 Å². The number of thioether (sulfide) groups is 1. The quantitative estimate of drug-likeness (QED) is 0.492. The van der Waals surface area contributed by atoms with Crippen LogP contribution in [0.25, 0.3) is 0 Å². The molecule has 0 unspecified atom stereocenters. The molecular weight excluding hydrogens is 396 g/mol. The molecule has 7 heteroatoms. The molecule has 0 spiro atoms. The Labute approximate surface area is 179 Å². The predicted molar refractivity (Wildman–Crippen MR) is 118 cm³/mol. The lowest BCUT2D eigenvalue weighted by atomic mass is 10.1. The minimum Gasteiger partial charge on any atom is -0.322 e. The number of benzene rings is 2. The van der Waals surface area contributed by atoms with E-state index in [1.165, 1.54) is 0 Å². The summed E-state index contributed by atoms with van der Waals surface area (Å²) in [6, 6.07) is 20.9. The number of aromatic nitrogens is 1. The Kier molecular flexibility index (Phi) is 6.20. The Balaban J connectivity index is 1.41. The Morgan fingerprint density at radius 3 is 2.57 bits per heavy atom. The second-order valence-electron chi connectivity index (χ2n) is 6.77. The van der Waals surface area contributed by atoms with E-state index in [2.05, 4.69) is 15.5 Å². The van der Waals surface area contributed by atoms with Crippen molar-refractivity contribution >= 4 is 29.8 Å². The smallest absolute Gasteiger partial charge is 0.271 e. The first-order chi connectivity index (χ1) is 14.7. The predicted octanol–water partition coefficient (Wildman–Crippen LogP) is 3.62. The Morgan fingerprint density at radius 2 is 1.83 bits per heavy atom. The van der Waals surface area contributed by atoms with Gasteiger partial charge in [0.2, 0.25) is 5.91 Å². The molecule has 0 saturated carbocycles. The maximum absolute atomic E-state index is 12.4. The third-order valence-corrected chi connectivity index (χ3v) is 5.96. The molecule has 150 valence electrons. The van der Waals surface area contributed by atoms with Crippen molar-refractivity contribution in [3.05, 3.63) is 101 Å². The molecular formula is C23H20N4O2S. The zero-order chi connectivity index (χ0) is 20.8. The number of pyridine rings is 1. The van der Waals surface area contributed by atoms with E-state index in [0.717, 1.165) is 16.7 Å². The third-order valence-electron chi connectivity index (χ3n) is 4.71. The third kappa shape index (κ3) is 4.75. The van der Waals surface area contributed by atoms with Crippen molar-refractivity contribution in [2.24, 2.45) is 5.10 Å². The van der Waals surface area contributed by atoms with E-state index in [-0.39, 0.29) is 17.2 Å². The molecule has 0 radical (unpaired) electrons. The second-order valence-corrected chi connectivity index (χ2v) is 7.84. The lowest BCUT2D eigenvalue weighted by molar-refractivity contribution is -0.128. The summed E-state index contributed by atoms with van der Waals surface area (Å²) in [7, 11) is 0. The molecule has 2 heterocycles. The van der Waals surface area contributed by atoms with Crippen LogP contribution in [-0.2, 0) is 11.3 Å². The number of hydrazone groups is 1. The molecule has 1 aromatic heterocycles. The van der Waals surface area contributed by atoms with Crippen molar-refractivity contribution in [1.29, 1.82) is 0 Å². The van der Waals surface area contributed by atoms with Crippen molar-refractivity contribution in [2.45, 2.75) is 11.9 Å². The van der Waals surface area contributed by atoms with E-state index in [0.29, 0.717) is 17.9 Å². The van der Waals surface area contributed by atoms with Crippen LogP contribution in [0, 0.1) is 0 Å². The highest BCUT2D eigenvalue weighted by atomic mass is 32.2. The van der Waals surface area contributed by atoms with Gasteiger partial charge in [-0.1, -0.05) is 42.5 Å². The first-order valence-electron chi connectivity index (χ1n) is 9.49. The van der Waals surface area contributed by atoms with E-state index >= 15 is 0 Å². The molecule has 1 aliphatic rings. The Morgan fingerprint density at radius 1 is 1.10 bits per heavy atom. The van der Waals surface area contributed by atoms with Crippen LogP contribution in [0.4, 0.5) is 0 Å². The average molecular weight is 417 g/mol. The largest absolute Gasteiger partial charge is 0.322 e. The van der Waals surface area contributed by atoms with Crippen LogP contribution in [0.5, 0.6) is 0 Å². The molecule has 0 aliphatic carbocycles. The Hall–Kier alpha value is -3.45. The highest BCUT2D eigenvalue weighted by molar-refractivity contribution is 8.00. The molecule has 30 heavy (non-hydrogen) atoms. The van der Waals surface area contributed by atoms with Gasteiger partial charge in [0.05, 0.1) is 12.0 Å². The number of carbonyl (C=O) groups is 2. The number of amides is 2. The van der Waals surface area contributed by atoms with Gasteiger partial charge in [-0.25, -0.2) is 5.43 Å². The minimum atomic E-state index is -0.289. The fourth-order valence-electron chi connectivity index (χ4n) is 3.16. The summed E-state index contributed by atoms with van der Waals surface area (Å²) >= 11 is 1.60. The number of nitrogens with one attached hydrogen (secondary N) is 1. The highest BCUT2D eigenvalue weighted by Gasteiger charge is 2.32. The van der Waals surface area contributed by atoms with Crippen molar-refractivity contribution < 1.29 is 9.59 Å². The minimum absolute atomic E-state index is 0.0560. The SMILES string of the molecule is O=C(N/N=C\c1ccncc1)c1ccc([C@H]2SCC(=O)N2Cc2ccccc2)cc1. The maximum Gasteiger partial charge on any atom is 0.271 e. The van der Waals surface area contributed by atoms with Gasteiger partial charge in [-0.2, -0.15) is 5.10 Å². The van der Waals surface area contributed by atoms with Crippen LogP contribution in [0.2, 0.25) is 0 Å². The molecule has 4 rings (SSSR count). The topological polar surface area (TPSA) is 74.7 Å². The molecule has 6 nitrogen and oxygen atoms in total. The molecule has 1 fully saturated rings. The van der Waals surface area contributed by atoms with Crippen LogP contribution in [-0.4, -0.2) is 33.7 Å². The summed E-state index contributed by atoms with van der Waals surface area (Å²) in [5.74, 6) is 0.299. The lowest BCUT2D eigenvalue weighted by Crippen LogP contribution is -2.27. The summed E-state index contributed by atoms with van der Waals surface area (Å²) in [4.78, 5) is 30.5. The van der Waals surface area contributed by atoms with Crippen LogP contribution < -0.4 is 5.43 Å². The second kappa shape index (κ2) is 9.37. The standard InChI is InChI=1S/C23H20N4O2S/c28-21-16-30-23(27(21)15-18-4-2-1-3-5-18)20-8-6-19(7-9-20)22(29)26-25-14-17-10-12-24-13-11-17/h1-14,23H,15-16H2,(H,26,29)/b25-14-/t23-/m1/s1. The van der Waals surface area contributed by atoms with E-state index < -0.39 is 0 Å². The van der Waals surface area contributed by atoms with E-state index in [1.54, 1.807) is 54.6 Å². The van der Waals surface area contributed by atoms with Crippen LogP contribution in [0.3, 0.4) is 0 Å². The van der Waals surface area contributed by atoms with Gasteiger partial charge in [-0.3, -0.25) is 14.6 Å². The number of carbonyl (C=O) groups excluding carboxylic acids is 2. The fraction of sp³-hybridized carbons (Fsp3) is 0.130. The molecule has 1 atom stereocenters. The molecule has 1 N–H and O–H groups in total. The molecule has 1 saturated heterocycles. The van der Waals surface area contributed by atoms with Gasteiger partial charge in [0.15, 0.2) is 0 Å². The van der Waals surface area contributed by atoms with Gasteiger partial charge in [0.25, 0.3) is 5.91 Å². The fourth-order valence-corrected chi connectivity index (χ4v) is 4.35. The van der Waals surface area contributed by atoms with Crippen LogP contribution in [0.1, 0.15) is 32.4 Å². The summed E-state index contributed by atoms with van der Waals surface area (Å²) in [6.07, 6.45) is 4.89. The van der Waals surface area contributed by atoms with Crippen LogP contribution >= 0.6 is 11.8 Å². The maximum atomic E-state index is 12.4. The number of rotatable bonds is 6. The summed E-state index contributed by atoms with van der Waals surface area (Å²) in [6.45, 7) is 0.573. The lowest BCUT2D eigenvalue weighted by Gasteiger charge is -2.24. The van der Waals surface area contributed by atoms with E-state index in [1.807, 2.05) is 47.4 Å². The Bertz CT molecular complexity index is 1040. The molecule has 2 amide bonds. The monoisotopic (exact) mass is 416 g/mol. The molecule has 1 aliphatic heterocycles. The van der Waals surface area contributed by atoms with E-state index in [4.69, 9.17) is 0 Å². The number of hydrogen-bond donors (Lipinski definition) is 1.